The summed E-state index contributed by atoms with van der Waals surface area (Å²) in [6.45, 7) is 10.1. The van der Waals surface area contributed by atoms with Gasteiger partial charge in [0.05, 0.1) is 11.4 Å². The smallest absolute Gasteiger partial charge is 0.326 e. The molecule has 3 aromatic rings. The van der Waals surface area contributed by atoms with E-state index in [2.05, 4.69) is 5.10 Å². The molecule has 2 aromatic heterocycles. The first kappa shape index (κ1) is 23.4. The van der Waals surface area contributed by atoms with Crippen molar-refractivity contribution in [3.8, 4) is 11.6 Å². The lowest BCUT2D eigenvalue weighted by Crippen LogP contribution is -2.41. The first-order valence-corrected chi connectivity index (χ1v) is 11.7. The number of nitrogens with zero attached hydrogens (tertiary/aromatic N) is 4. The van der Waals surface area contributed by atoms with Crippen LogP contribution < -0.4 is 9.67 Å². The molecule has 1 aliphatic heterocycles. The van der Waals surface area contributed by atoms with Gasteiger partial charge in [-0.05, 0) is 49.8 Å². The van der Waals surface area contributed by atoms with Gasteiger partial charge in [0.2, 0.25) is 0 Å². The first-order chi connectivity index (χ1) is 16.2. The third-order valence-corrected chi connectivity index (χ3v) is 6.04. The number of benzene rings is 1. The van der Waals surface area contributed by atoms with Crippen LogP contribution in [0.3, 0.4) is 0 Å². The van der Waals surface area contributed by atoms with E-state index in [0.717, 1.165) is 17.5 Å². The van der Waals surface area contributed by atoms with E-state index in [1.165, 1.54) is 9.58 Å². The molecule has 0 unspecified atom stereocenters. The Morgan fingerprint density at radius 2 is 1.74 bits per heavy atom. The largest absolute Gasteiger partial charge is 0.858 e. The summed E-state index contributed by atoms with van der Waals surface area (Å²) in [6, 6.07) is 11.0. The molecule has 1 aromatic carbocycles. The summed E-state index contributed by atoms with van der Waals surface area (Å²) in [5.74, 6) is -1.14. The van der Waals surface area contributed by atoms with E-state index in [1.54, 1.807) is 22.9 Å². The number of para-hydroxylation sites is 1. The summed E-state index contributed by atoms with van der Waals surface area (Å²) in [4.78, 5) is 28.5. The fourth-order valence-electron chi connectivity index (χ4n) is 4.23. The SMILES string of the molecule is CCCc1nn(-c2ccccc2)c([O-])c1C1=C([n+]2ccc(C)c(C)c2)C(=O)N(CC(C)C)C1=O. The first-order valence-electron chi connectivity index (χ1n) is 11.7. The maximum atomic E-state index is 13.7. The molecule has 7 heteroatoms. The lowest BCUT2D eigenvalue weighted by Gasteiger charge is -2.17. The molecule has 0 bridgehead atoms. The molecular formula is C27H30N4O3. The minimum Gasteiger partial charge on any atom is -0.858 e. The monoisotopic (exact) mass is 458 g/mol. The molecule has 0 fully saturated rings. The van der Waals surface area contributed by atoms with Crippen molar-refractivity contribution < 1.29 is 19.3 Å². The van der Waals surface area contributed by atoms with Gasteiger partial charge in [-0.1, -0.05) is 45.4 Å². The van der Waals surface area contributed by atoms with E-state index in [9.17, 15) is 14.7 Å². The predicted octanol–water partition coefficient (Wildman–Crippen LogP) is 3.20. The van der Waals surface area contributed by atoms with E-state index < -0.39 is 11.8 Å². The minimum atomic E-state index is -0.443. The van der Waals surface area contributed by atoms with Gasteiger partial charge in [0.1, 0.15) is 5.57 Å². The van der Waals surface area contributed by atoms with E-state index in [1.807, 2.05) is 65.1 Å². The molecule has 176 valence electrons. The molecule has 2 amide bonds. The number of imide groups is 1. The summed E-state index contributed by atoms with van der Waals surface area (Å²) < 4.78 is 3.01. The van der Waals surface area contributed by atoms with Crippen LogP contribution in [0.15, 0.2) is 48.8 Å². The number of aromatic nitrogens is 3. The van der Waals surface area contributed by atoms with E-state index in [4.69, 9.17) is 0 Å². The molecule has 0 saturated carbocycles. The zero-order chi connectivity index (χ0) is 24.6. The van der Waals surface area contributed by atoms with Crippen LogP contribution in [0.1, 0.15) is 49.6 Å². The molecule has 4 rings (SSSR count). The highest BCUT2D eigenvalue weighted by Crippen LogP contribution is 2.37. The van der Waals surface area contributed by atoms with Crippen LogP contribution >= 0.6 is 0 Å². The molecule has 0 N–H and O–H groups in total. The number of pyridine rings is 1. The average molecular weight is 459 g/mol. The number of amides is 2. The quantitative estimate of drug-likeness (QED) is 0.402. The average Bonchev–Trinajstić information content (AvgIpc) is 3.24. The zero-order valence-electron chi connectivity index (χ0n) is 20.3. The fourth-order valence-corrected chi connectivity index (χ4v) is 4.23. The Kier molecular flexibility index (Phi) is 6.37. The molecule has 0 saturated heterocycles. The van der Waals surface area contributed by atoms with Gasteiger partial charge < -0.3 is 5.11 Å². The Morgan fingerprint density at radius 1 is 1.03 bits per heavy atom. The third-order valence-electron chi connectivity index (χ3n) is 6.04. The van der Waals surface area contributed by atoms with Crippen molar-refractivity contribution in [1.29, 1.82) is 0 Å². The third kappa shape index (κ3) is 4.02. The van der Waals surface area contributed by atoms with Crippen molar-refractivity contribution in [2.24, 2.45) is 5.92 Å². The van der Waals surface area contributed by atoms with Gasteiger partial charge in [-0.3, -0.25) is 14.5 Å². The van der Waals surface area contributed by atoms with Crippen molar-refractivity contribution >= 4 is 23.1 Å². The summed E-state index contributed by atoms with van der Waals surface area (Å²) in [5, 5.41) is 18.3. The van der Waals surface area contributed by atoms with Crippen LogP contribution in [0.2, 0.25) is 0 Å². The molecule has 7 nitrogen and oxygen atoms in total. The van der Waals surface area contributed by atoms with Crippen LogP contribution in [0.4, 0.5) is 0 Å². The minimum absolute atomic E-state index is 0.0899. The second-order valence-electron chi connectivity index (χ2n) is 9.18. The molecular weight excluding hydrogens is 428 g/mol. The van der Waals surface area contributed by atoms with Gasteiger partial charge in [0.25, 0.3) is 11.6 Å². The number of aryl methyl sites for hydroxylation is 3. The Balaban J connectivity index is 2.00. The standard InChI is InChI=1S/C27H30N4O3/c1-6-10-21-22(26(33)31(28-21)20-11-8-7-9-12-20)23-24(29-14-13-18(4)19(5)16-29)27(34)30(25(23)32)15-17(2)3/h7-9,11-14,16-17H,6,10,15H2,1-5H3. The van der Waals surface area contributed by atoms with Crippen molar-refractivity contribution in [2.75, 3.05) is 6.54 Å². The highest BCUT2D eigenvalue weighted by Gasteiger charge is 2.46. The highest BCUT2D eigenvalue weighted by molar-refractivity contribution is 6.44. The van der Waals surface area contributed by atoms with Crippen LogP contribution in [0, 0.1) is 19.8 Å². The van der Waals surface area contributed by atoms with Gasteiger partial charge in [0.15, 0.2) is 12.4 Å². The zero-order valence-corrected chi connectivity index (χ0v) is 20.3. The Bertz CT molecular complexity index is 1290. The Morgan fingerprint density at radius 3 is 2.35 bits per heavy atom. The van der Waals surface area contributed by atoms with Crippen LogP contribution in [0.5, 0.6) is 5.88 Å². The molecule has 0 aliphatic carbocycles. The maximum absolute atomic E-state index is 13.7. The summed E-state index contributed by atoms with van der Waals surface area (Å²) in [7, 11) is 0. The number of hydrogen-bond donors (Lipinski definition) is 0. The van der Waals surface area contributed by atoms with Crippen molar-refractivity contribution in [1.82, 2.24) is 14.7 Å². The summed E-state index contributed by atoms with van der Waals surface area (Å²) in [5.41, 5.74) is 3.76. The van der Waals surface area contributed by atoms with Crippen molar-refractivity contribution in [3.63, 3.8) is 0 Å². The predicted molar refractivity (Wildman–Crippen MR) is 128 cm³/mol. The highest BCUT2D eigenvalue weighted by atomic mass is 16.3. The molecule has 0 atom stereocenters. The molecule has 34 heavy (non-hydrogen) atoms. The lowest BCUT2D eigenvalue weighted by atomic mass is 10.0. The number of rotatable bonds is 7. The summed E-state index contributed by atoms with van der Waals surface area (Å²) in [6.07, 6.45) is 4.87. The van der Waals surface area contributed by atoms with Crippen LogP contribution in [-0.4, -0.2) is 33.0 Å². The Hall–Kier alpha value is -3.74. The normalized spacial score (nSPS) is 14.1. The van der Waals surface area contributed by atoms with Gasteiger partial charge >= 0.3 is 5.91 Å². The topological polar surface area (TPSA) is 82.1 Å². The number of carbonyl (C=O) groups is 2. The lowest BCUT2D eigenvalue weighted by molar-refractivity contribution is -0.577. The van der Waals surface area contributed by atoms with Gasteiger partial charge in [-0.2, -0.15) is 9.67 Å². The van der Waals surface area contributed by atoms with E-state index in [-0.39, 0.29) is 35.2 Å². The molecule has 0 radical (unpaired) electrons. The second-order valence-corrected chi connectivity index (χ2v) is 9.18. The second kappa shape index (κ2) is 9.25. The van der Waals surface area contributed by atoms with Crippen LogP contribution in [-0.2, 0) is 16.0 Å². The number of hydrogen-bond acceptors (Lipinski definition) is 4. The maximum Gasteiger partial charge on any atom is 0.326 e. The van der Waals surface area contributed by atoms with Crippen molar-refractivity contribution in [2.45, 2.75) is 47.5 Å². The number of carbonyl (C=O) groups excluding carboxylic acids is 2. The fraction of sp³-hybridized carbons (Fsp3) is 0.333. The Labute approximate surface area is 200 Å². The van der Waals surface area contributed by atoms with Crippen molar-refractivity contribution in [3.05, 3.63) is 71.2 Å². The van der Waals surface area contributed by atoms with Crippen LogP contribution in [0.25, 0.3) is 17.0 Å². The molecule has 3 heterocycles. The van der Waals surface area contributed by atoms with E-state index in [0.29, 0.717) is 17.8 Å². The molecule has 1 aliphatic rings. The molecule has 0 spiro atoms. The summed E-state index contributed by atoms with van der Waals surface area (Å²) >= 11 is 0. The van der Waals surface area contributed by atoms with E-state index >= 15 is 0 Å². The van der Waals surface area contributed by atoms with Gasteiger partial charge in [-0.25, -0.2) is 4.68 Å². The van der Waals surface area contributed by atoms with Gasteiger partial charge in [-0.15, -0.1) is 0 Å². The van der Waals surface area contributed by atoms with Gasteiger partial charge in [0, 0.05) is 23.7 Å².